The lowest BCUT2D eigenvalue weighted by Gasteiger charge is -2.25. The Morgan fingerprint density at radius 3 is 2.47 bits per heavy atom. The van der Waals surface area contributed by atoms with Crippen LogP contribution in [0.1, 0.15) is 45.6 Å². The van der Waals surface area contributed by atoms with Gasteiger partial charge in [-0.1, -0.05) is 39.3 Å². The van der Waals surface area contributed by atoms with Crippen molar-refractivity contribution in [3.63, 3.8) is 0 Å². The van der Waals surface area contributed by atoms with Crippen LogP contribution in [-0.4, -0.2) is 19.2 Å². The Kier molecular flexibility index (Phi) is 4.87. The third kappa shape index (κ3) is 5.23. The molecule has 0 bridgehead atoms. The zero-order valence-corrected chi connectivity index (χ0v) is 12.5. The van der Waals surface area contributed by atoms with E-state index in [0.717, 1.165) is 31.4 Å². The molecule has 2 heteroatoms. The molecule has 1 N–H and O–H groups in total. The molecular weight excluding hydrogens is 234 g/mol. The number of rotatable bonds is 8. The minimum atomic E-state index is 0.185. The smallest absolute Gasteiger partial charge is 0.119 e. The molecule has 19 heavy (non-hydrogen) atoms. The summed E-state index contributed by atoms with van der Waals surface area (Å²) in [7, 11) is 0. The molecule has 0 amide bonds. The highest BCUT2D eigenvalue weighted by Gasteiger charge is 2.25. The van der Waals surface area contributed by atoms with Crippen molar-refractivity contribution in [3.05, 3.63) is 29.8 Å². The molecule has 0 atom stereocenters. The van der Waals surface area contributed by atoms with Crippen LogP contribution in [0.3, 0.4) is 0 Å². The van der Waals surface area contributed by atoms with Gasteiger partial charge in [-0.25, -0.2) is 0 Å². The minimum Gasteiger partial charge on any atom is -0.493 e. The second kappa shape index (κ2) is 6.42. The zero-order chi connectivity index (χ0) is 13.7. The Bertz CT molecular complexity index is 379. The average molecular weight is 261 g/mol. The van der Waals surface area contributed by atoms with Gasteiger partial charge in [-0.3, -0.25) is 0 Å². The van der Waals surface area contributed by atoms with Crippen molar-refractivity contribution >= 4 is 0 Å². The summed E-state index contributed by atoms with van der Waals surface area (Å²) in [5.41, 5.74) is 1.58. The summed E-state index contributed by atoms with van der Waals surface area (Å²) in [5.74, 6) is 0.986. The predicted molar refractivity (Wildman–Crippen MR) is 80.7 cm³/mol. The summed E-state index contributed by atoms with van der Waals surface area (Å²) in [5, 5.41) is 3.58. The summed E-state index contributed by atoms with van der Waals surface area (Å²) in [4.78, 5) is 0. The minimum absolute atomic E-state index is 0.185. The third-order valence-electron chi connectivity index (χ3n) is 3.54. The van der Waals surface area contributed by atoms with Gasteiger partial charge in [-0.2, -0.15) is 0 Å². The summed E-state index contributed by atoms with van der Waals surface area (Å²) in [6.07, 6.45) is 5.03. The number of aryl methyl sites for hydroxylation is 1. The molecule has 1 aromatic rings. The van der Waals surface area contributed by atoms with Crippen LogP contribution in [-0.2, 0) is 6.42 Å². The molecule has 2 nitrogen and oxygen atoms in total. The maximum Gasteiger partial charge on any atom is 0.119 e. The van der Waals surface area contributed by atoms with Crippen LogP contribution in [0, 0.1) is 5.41 Å². The summed E-state index contributed by atoms with van der Waals surface area (Å²) in [6.45, 7) is 8.52. The van der Waals surface area contributed by atoms with E-state index in [1.807, 2.05) is 0 Å². The van der Waals surface area contributed by atoms with Crippen LogP contribution in [0.5, 0.6) is 5.75 Å². The molecule has 0 radical (unpaired) electrons. The highest BCUT2D eigenvalue weighted by atomic mass is 16.5. The molecule has 1 saturated carbocycles. The number of hydrogen-bond donors (Lipinski definition) is 1. The molecule has 0 heterocycles. The lowest BCUT2D eigenvalue weighted by molar-refractivity contribution is 0.176. The number of ether oxygens (including phenoxy) is 1. The molecule has 0 unspecified atom stereocenters. The molecule has 2 rings (SSSR count). The number of nitrogens with one attached hydrogen (secondary N) is 1. The first-order valence-corrected chi connectivity index (χ1v) is 7.54. The van der Waals surface area contributed by atoms with Gasteiger partial charge in [0, 0.05) is 18.0 Å². The van der Waals surface area contributed by atoms with E-state index in [-0.39, 0.29) is 5.41 Å². The number of hydrogen-bond acceptors (Lipinski definition) is 2. The van der Waals surface area contributed by atoms with Gasteiger partial charge in [0.15, 0.2) is 0 Å². The van der Waals surface area contributed by atoms with E-state index in [0.29, 0.717) is 0 Å². The lowest BCUT2D eigenvalue weighted by atomic mass is 9.95. The van der Waals surface area contributed by atoms with E-state index in [2.05, 4.69) is 50.4 Å². The predicted octanol–water partition coefficient (Wildman–Crippen LogP) is 3.80. The molecular formula is C17H27NO. The Morgan fingerprint density at radius 1 is 1.21 bits per heavy atom. The maximum absolute atomic E-state index is 5.92. The van der Waals surface area contributed by atoms with Crippen molar-refractivity contribution in [1.82, 2.24) is 5.32 Å². The second-order valence-corrected chi connectivity index (χ2v) is 6.50. The third-order valence-corrected chi connectivity index (χ3v) is 3.54. The normalized spacial score (nSPS) is 15.5. The molecule has 0 aromatic heterocycles. The van der Waals surface area contributed by atoms with E-state index in [4.69, 9.17) is 4.74 Å². The first-order chi connectivity index (χ1) is 9.09. The monoisotopic (exact) mass is 261 g/mol. The van der Waals surface area contributed by atoms with Crippen LogP contribution in [0.15, 0.2) is 24.3 Å². The van der Waals surface area contributed by atoms with Crippen molar-refractivity contribution in [2.45, 2.75) is 52.5 Å². The quantitative estimate of drug-likeness (QED) is 0.768. The van der Waals surface area contributed by atoms with Gasteiger partial charge in [0.2, 0.25) is 0 Å². The largest absolute Gasteiger partial charge is 0.493 e. The second-order valence-electron chi connectivity index (χ2n) is 6.50. The van der Waals surface area contributed by atoms with E-state index in [9.17, 15) is 0 Å². The van der Waals surface area contributed by atoms with Gasteiger partial charge in [-0.15, -0.1) is 0 Å². The van der Waals surface area contributed by atoms with E-state index in [1.54, 1.807) is 0 Å². The molecule has 1 aromatic carbocycles. The Labute approximate surface area is 117 Å². The molecule has 1 aliphatic carbocycles. The zero-order valence-electron chi connectivity index (χ0n) is 12.5. The highest BCUT2D eigenvalue weighted by Crippen LogP contribution is 2.23. The highest BCUT2D eigenvalue weighted by molar-refractivity contribution is 5.27. The Hall–Kier alpha value is -1.02. The van der Waals surface area contributed by atoms with E-state index in [1.165, 1.54) is 24.8 Å². The van der Waals surface area contributed by atoms with Gasteiger partial charge in [0.1, 0.15) is 5.75 Å². The van der Waals surface area contributed by atoms with Crippen LogP contribution in [0.4, 0.5) is 0 Å². The van der Waals surface area contributed by atoms with Gasteiger partial charge in [0.05, 0.1) is 6.61 Å². The number of benzene rings is 1. The first kappa shape index (κ1) is 14.4. The van der Waals surface area contributed by atoms with Gasteiger partial charge < -0.3 is 10.1 Å². The molecule has 0 saturated heterocycles. The van der Waals surface area contributed by atoms with Crippen LogP contribution < -0.4 is 10.1 Å². The summed E-state index contributed by atoms with van der Waals surface area (Å²) < 4.78 is 5.92. The van der Waals surface area contributed by atoms with Crippen molar-refractivity contribution in [3.8, 4) is 5.75 Å². The standard InChI is InChI=1S/C17H27NO/c1-4-5-14-6-10-16(11-7-14)19-13-17(2,3)12-18-15-8-9-15/h6-7,10-11,15,18H,4-5,8-9,12-13H2,1-3H3. The Morgan fingerprint density at radius 2 is 1.89 bits per heavy atom. The molecule has 1 fully saturated rings. The topological polar surface area (TPSA) is 21.3 Å². The summed E-state index contributed by atoms with van der Waals surface area (Å²) in [6, 6.07) is 9.31. The Balaban J connectivity index is 1.76. The van der Waals surface area contributed by atoms with Gasteiger partial charge >= 0.3 is 0 Å². The van der Waals surface area contributed by atoms with Crippen molar-refractivity contribution in [1.29, 1.82) is 0 Å². The molecule has 1 aliphatic rings. The van der Waals surface area contributed by atoms with Crippen molar-refractivity contribution in [2.75, 3.05) is 13.2 Å². The SMILES string of the molecule is CCCc1ccc(OCC(C)(C)CNC2CC2)cc1. The van der Waals surface area contributed by atoms with Gasteiger partial charge in [-0.05, 0) is 37.0 Å². The molecule has 0 spiro atoms. The lowest BCUT2D eigenvalue weighted by Crippen LogP contribution is -2.35. The molecule has 0 aliphatic heterocycles. The average Bonchev–Trinajstić information content (AvgIpc) is 3.20. The van der Waals surface area contributed by atoms with Crippen LogP contribution in [0.25, 0.3) is 0 Å². The fraction of sp³-hybridized carbons (Fsp3) is 0.647. The van der Waals surface area contributed by atoms with Crippen LogP contribution >= 0.6 is 0 Å². The van der Waals surface area contributed by atoms with Crippen molar-refractivity contribution < 1.29 is 4.74 Å². The fourth-order valence-electron chi connectivity index (χ4n) is 2.08. The maximum atomic E-state index is 5.92. The fourth-order valence-corrected chi connectivity index (χ4v) is 2.08. The van der Waals surface area contributed by atoms with Gasteiger partial charge in [0.25, 0.3) is 0 Å². The molecule has 106 valence electrons. The first-order valence-electron chi connectivity index (χ1n) is 7.54. The van der Waals surface area contributed by atoms with E-state index < -0.39 is 0 Å². The van der Waals surface area contributed by atoms with Crippen LogP contribution in [0.2, 0.25) is 0 Å². The van der Waals surface area contributed by atoms with Crippen molar-refractivity contribution in [2.24, 2.45) is 5.41 Å². The summed E-state index contributed by atoms with van der Waals surface area (Å²) >= 11 is 0. The van der Waals surface area contributed by atoms with E-state index >= 15 is 0 Å².